The number of anilines is 1. The minimum atomic E-state index is -0.481. The average Bonchev–Trinajstić information content (AvgIpc) is 3.17. The summed E-state index contributed by atoms with van der Waals surface area (Å²) < 4.78 is 7.06. The van der Waals surface area contributed by atoms with Crippen LogP contribution in [0.15, 0.2) is 66.5 Å². The zero-order valence-corrected chi connectivity index (χ0v) is 16.2. The molecule has 0 fully saturated rings. The zero-order valence-electron chi connectivity index (χ0n) is 15.4. The summed E-state index contributed by atoms with van der Waals surface area (Å²) in [6.45, 7) is 1.86. The van der Waals surface area contributed by atoms with Crippen LogP contribution in [0.3, 0.4) is 0 Å². The molecule has 1 aromatic heterocycles. The molecule has 0 spiro atoms. The Bertz CT molecular complexity index is 1080. The molecule has 3 aromatic rings. The minimum absolute atomic E-state index is 0.00635. The number of aromatic nitrogens is 1. The molecule has 0 saturated carbocycles. The number of methoxy groups -OCH3 is 1. The van der Waals surface area contributed by atoms with Crippen molar-refractivity contribution >= 4 is 29.3 Å². The summed E-state index contributed by atoms with van der Waals surface area (Å²) in [5.41, 5.74) is 3.13. The molecule has 0 aliphatic carbocycles. The second kappa shape index (κ2) is 8.47. The van der Waals surface area contributed by atoms with Crippen LogP contribution in [-0.2, 0) is 4.79 Å². The Balaban J connectivity index is 1.80. The summed E-state index contributed by atoms with van der Waals surface area (Å²) >= 11 is 5.98. The molecule has 5 nitrogen and oxygen atoms in total. The number of hydrogen-bond donors (Lipinski definition) is 1. The first kappa shape index (κ1) is 19.3. The number of nitriles is 1. The van der Waals surface area contributed by atoms with Crippen LogP contribution < -0.4 is 10.1 Å². The lowest BCUT2D eigenvalue weighted by Gasteiger charge is -2.08. The standard InChI is InChI=1S/C22H18ClN3O2/c1-15-3-4-18(23)12-21(15)25-22(27)17(13-24)11-16-9-10-26(14-16)19-5-7-20(28-2)8-6-19/h3-12,14H,1-2H3,(H,25,27)/b17-11+. The number of ether oxygens (including phenoxy) is 1. The molecule has 1 heterocycles. The molecule has 0 aliphatic rings. The number of nitrogens with one attached hydrogen (secondary N) is 1. The topological polar surface area (TPSA) is 67.0 Å². The highest BCUT2D eigenvalue weighted by Crippen LogP contribution is 2.21. The van der Waals surface area contributed by atoms with E-state index in [4.69, 9.17) is 16.3 Å². The lowest BCUT2D eigenvalue weighted by Crippen LogP contribution is -2.14. The van der Waals surface area contributed by atoms with Gasteiger partial charge in [0.2, 0.25) is 0 Å². The van der Waals surface area contributed by atoms with E-state index in [0.717, 1.165) is 22.6 Å². The largest absolute Gasteiger partial charge is 0.497 e. The van der Waals surface area contributed by atoms with Gasteiger partial charge in [0.05, 0.1) is 7.11 Å². The van der Waals surface area contributed by atoms with Crippen molar-refractivity contribution in [3.63, 3.8) is 0 Å². The van der Waals surface area contributed by atoms with Crippen LogP contribution in [0.1, 0.15) is 11.1 Å². The van der Waals surface area contributed by atoms with Crippen molar-refractivity contribution in [2.75, 3.05) is 12.4 Å². The van der Waals surface area contributed by atoms with E-state index in [1.54, 1.807) is 25.3 Å². The second-order valence-corrected chi connectivity index (χ2v) is 6.57. The quantitative estimate of drug-likeness (QED) is 0.492. The number of aryl methyl sites for hydroxylation is 1. The molecule has 0 aliphatic heterocycles. The molecule has 1 amide bonds. The van der Waals surface area contributed by atoms with Gasteiger partial charge >= 0.3 is 0 Å². The van der Waals surface area contributed by atoms with Crippen LogP contribution in [0.5, 0.6) is 5.75 Å². The van der Waals surface area contributed by atoms with Crippen molar-refractivity contribution in [2.45, 2.75) is 6.92 Å². The summed E-state index contributed by atoms with van der Waals surface area (Å²) in [5, 5.41) is 12.7. The first-order valence-electron chi connectivity index (χ1n) is 8.52. The number of halogens is 1. The maximum absolute atomic E-state index is 12.5. The summed E-state index contributed by atoms with van der Waals surface area (Å²) in [7, 11) is 1.62. The van der Waals surface area contributed by atoms with E-state index < -0.39 is 5.91 Å². The highest BCUT2D eigenvalue weighted by Gasteiger charge is 2.12. The first-order valence-corrected chi connectivity index (χ1v) is 8.89. The van der Waals surface area contributed by atoms with Crippen molar-refractivity contribution in [3.8, 4) is 17.5 Å². The maximum Gasteiger partial charge on any atom is 0.266 e. The predicted molar refractivity (Wildman–Crippen MR) is 111 cm³/mol. The number of amides is 1. The van der Waals surface area contributed by atoms with Gasteiger partial charge < -0.3 is 14.6 Å². The van der Waals surface area contributed by atoms with Crippen molar-refractivity contribution < 1.29 is 9.53 Å². The third-order valence-electron chi connectivity index (χ3n) is 4.21. The van der Waals surface area contributed by atoms with Crippen molar-refractivity contribution in [1.82, 2.24) is 4.57 Å². The summed E-state index contributed by atoms with van der Waals surface area (Å²) in [6.07, 6.45) is 5.26. The molecule has 2 aromatic carbocycles. The molecule has 0 radical (unpaired) electrons. The second-order valence-electron chi connectivity index (χ2n) is 6.13. The number of rotatable bonds is 5. The van der Waals surface area contributed by atoms with Gasteiger partial charge in [0, 0.05) is 28.8 Å². The van der Waals surface area contributed by atoms with Crippen molar-refractivity contribution in [1.29, 1.82) is 5.26 Å². The maximum atomic E-state index is 12.5. The number of carbonyl (C=O) groups excluding carboxylic acids is 1. The van der Waals surface area contributed by atoms with Crippen LogP contribution in [0.4, 0.5) is 5.69 Å². The molecular formula is C22H18ClN3O2. The molecule has 0 atom stereocenters. The van der Waals surface area contributed by atoms with Gasteiger partial charge in [0.25, 0.3) is 5.91 Å². The predicted octanol–water partition coefficient (Wildman–Crippen LogP) is 4.99. The van der Waals surface area contributed by atoms with Crippen LogP contribution >= 0.6 is 11.6 Å². The fourth-order valence-electron chi connectivity index (χ4n) is 2.65. The highest BCUT2D eigenvalue weighted by atomic mass is 35.5. The smallest absolute Gasteiger partial charge is 0.266 e. The SMILES string of the molecule is COc1ccc(-n2ccc(/C=C(\C#N)C(=O)Nc3cc(Cl)ccc3C)c2)cc1. The number of benzene rings is 2. The number of carbonyl (C=O) groups is 1. The third-order valence-corrected chi connectivity index (χ3v) is 4.45. The van der Waals surface area contributed by atoms with Gasteiger partial charge in [0.1, 0.15) is 17.4 Å². The van der Waals surface area contributed by atoms with Gasteiger partial charge in [-0.05, 0) is 66.6 Å². The molecule has 3 rings (SSSR count). The molecule has 6 heteroatoms. The van der Waals surface area contributed by atoms with Crippen molar-refractivity contribution in [3.05, 3.63) is 82.6 Å². The Kier molecular flexibility index (Phi) is 5.83. The van der Waals surface area contributed by atoms with E-state index in [1.165, 1.54) is 0 Å². The Labute approximate surface area is 168 Å². The average molecular weight is 392 g/mol. The van der Waals surface area contributed by atoms with E-state index in [2.05, 4.69) is 5.32 Å². The Morgan fingerprint density at radius 3 is 2.64 bits per heavy atom. The third kappa shape index (κ3) is 4.43. The molecule has 0 unspecified atom stereocenters. The molecular weight excluding hydrogens is 374 g/mol. The minimum Gasteiger partial charge on any atom is -0.497 e. The first-order chi connectivity index (χ1) is 13.5. The molecule has 28 heavy (non-hydrogen) atoms. The van der Waals surface area contributed by atoms with E-state index >= 15 is 0 Å². The molecule has 0 bridgehead atoms. The number of nitrogens with zero attached hydrogens (tertiary/aromatic N) is 2. The van der Waals surface area contributed by atoms with Crippen LogP contribution in [0.2, 0.25) is 5.02 Å². The van der Waals surface area contributed by atoms with Gasteiger partial charge in [0.15, 0.2) is 0 Å². The summed E-state index contributed by atoms with van der Waals surface area (Å²) in [4.78, 5) is 12.5. The van der Waals surface area contributed by atoms with Crippen molar-refractivity contribution in [2.24, 2.45) is 0 Å². The fraction of sp³-hybridized carbons (Fsp3) is 0.0909. The lowest BCUT2D eigenvalue weighted by molar-refractivity contribution is -0.112. The normalized spacial score (nSPS) is 11.0. The van der Waals surface area contributed by atoms with Crippen LogP contribution in [0, 0.1) is 18.3 Å². The van der Waals surface area contributed by atoms with Crippen LogP contribution in [-0.4, -0.2) is 17.6 Å². The van der Waals surface area contributed by atoms with Gasteiger partial charge in [-0.15, -0.1) is 0 Å². The lowest BCUT2D eigenvalue weighted by atomic mass is 10.1. The number of hydrogen-bond acceptors (Lipinski definition) is 3. The van der Waals surface area contributed by atoms with E-state index in [0.29, 0.717) is 10.7 Å². The van der Waals surface area contributed by atoms with Gasteiger partial charge in [-0.2, -0.15) is 5.26 Å². The van der Waals surface area contributed by atoms with E-state index in [9.17, 15) is 10.1 Å². The highest BCUT2D eigenvalue weighted by molar-refractivity contribution is 6.31. The summed E-state index contributed by atoms with van der Waals surface area (Å²) in [5.74, 6) is 0.292. The molecule has 0 saturated heterocycles. The fourth-order valence-corrected chi connectivity index (χ4v) is 2.82. The van der Waals surface area contributed by atoms with Gasteiger partial charge in [-0.1, -0.05) is 17.7 Å². The van der Waals surface area contributed by atoms with E-state index in [1.807, 2.05) is 66.4 Å². The molecule has 1 N–H and O–H groups in total. The zero-order chi connectivity index (χ0) is 20.1. The van der Waals surface area contributed by atoms with Crippen LogP contribution in [0.25, 0.3) is 11.8 Å². The Morgan fingerprint density at radius 1 is 1.21 bits per heavy atom. The molecule has 140 valence electrons. The van der Waals surface area contributed by atoms with Gasteiger partial charge in [-0.25, -0.2) is 0 Å². The monoisotopic (exact) mass is 391 g/mol. The summed E-state index contributed by atoms with van der Waals surface area (Å²) in [6, 6.07) is 16.6. The Morgan fingerprint density at radius 2 is 1.96 bits per heavy atom. The Hall–Kier alpha value is -3.49. The van der Waals surface area contributed by atoms with Gasteiger partial charge in [-0.3, -0.25) is 4.79 Å². The van der Waals surface area contributed by atoms with E-state index in [-0.39, 0.29) is 5.57 Å².